The number of amides is 1. The molecule has 8 heteroatoms. The number of halogens is 1. The number of aromatic nitrogens is 1. The molecule has 164 valence electrons. The van der Waals surface area contributed by atoms with Gasteiger partial charge in [-0.05, 0) is 48.2 Å². The Morgan fingerprint density at radius 2 is 1.78 bits per heavy atom. The largest absolute Gasteiger partial charge is 0.493 e. The zero-order valence-electron chi connectivity index (χ0n) is 17.5. The maximum Gasteiger partial charge on any atom is 0.261 e. The molecule has 0 radical (unpaired) electrons. The van der Waals surface area contributed by atoms with Crippen molar-refractivity contribution in [1.82, 2.24) is 4.98 Å². The average molecular weight is 453 g/mol. The van der Waals surface area contributed by atoms with Crippen molar-refractivity contribution in [1.29, 1.82) is 0 Å². The number of anilines is 1. The number of benzene rings is 2. The summed E-state index contributed by atoms with van der Waals surface area (Å²) in [5.74, 6) is 0.268. The van der Waals surface area contributed by atoms with Crippen molar-refractivity contribution in [2.45, 2.75) is 18.8 Å². The molecule has 0 saturated heterocycles. The maximum absolute atomic E-state index is 12.9. The number of carbonyl (C=O) groups excluding carboxylic acids is 2. The van der Waals surface area contributed by atoms with Crippen molar-refractivity contribution >= 4 is 29.0 Å². The van der Waals surface area contributed by atoms with Gasteiger partial charge in [0.15, 0.2) is 17.3 Å². The summed E-state index contributed by atoms with van der Waals surface area (Å²) in [4.78, 5) is 41.0. The molecule has 2 aromatic carbocycles. The molecule has 0 bridgehead atoms. The van der Waals surface area contributed by atoms with E-state index in [0.717, 1.165) is 5.56 Å². The minimum absolute atomic E-state index is 0.131. The molecule has 0 unspecified atom stereocenters. The van der Waals surface area contributed by atoms with Crippen molar-refractivity contribution in [3.05, 3.63) is 86.3 Å². The number of H-pyrrole nitrogens is 1. The van der Waals surface area contributed by atoms with E-state index in [1.54, 1.807) is 44.6 Å². The molecule has 4 rings (SSSR count). The first-order valence-electron chi connectivity index (χ1n) is 9.98. The zero-order chi connectivity index (χ0) is 22.8. The van der Waals surface area contributed by atoms with Crippen LogP contribution < -0.4 is 20.3 Å². The van der Waals surface area contributed by atoms with Gasteiger partial charge in [-0.25, -0.2) is 0 Å². The molecule has 7 nitrogen and oxygen atoms in total. The number of ketones is 1. The van der Waals surface area contributed by atoms with Crippen LogP contribution in [-0.4, -0.2) is 30.9 Å². The lowest BCUT2D eigenvalue weighted by atomic mass is 9.81. The van der Waals surface area contributed by atoms with Crippen molar-refractivity contribution < 1.29 is 19.1 Å². The lowest BCUT2D eigenvalue weighted by Crippen LogP contribution is -2.29. The van der Waals surface area contributed by atoms with E-state index in [0.29, 0.717) is 39.9 Å². The Bertz CT molecular complexity index is 1270. The van der Waals surface area contributed by atoms with Gasteiger partial charge in [0.05, 0.1) is 24.9 Å². The van der Waals surface area contributed by atoms with Gasteiger partial charge < -0.3 is 19.8 Å². The van der Waals surface area contributed by atoms with Crippen LogP contribution in [0.3, 0.4) is 0 Å². The standard InChI is InChI=1S/C24H21ClN2O5/c1-31-21-8-7-13(11-22(21)32-2)14-9-19-15(20(28)10-14)12-16(24(30)27-19)23(29)26-18-6-4-3-5-17(18)25/h3-8,11-12,14H,9-10H2,1-2H3,(H,26,29)(H,27,30)/t14-/m1/s1. The third-order valence-electron chi connectivity index (χ3n) is 5.55. The van der Waals surface area contributed by atoms with E-state index in [9.17, 15) is 14.4 Å². The number of hydrogen-bond donors (Lipinski definition) is 2. The molecule has 1 aromatic heterocycles. The first kappa shape index (κ1) is 21.6. The number of nitrogens with one attached hydrogen (secondary N) is 2. The van der Waals surface area contributed by atoms with Crippen molar-refractivity contribution in [3.8, 4) is 11.5 Å². The Balaban J connectivity index is 1.62. The summed E-state index contributed by atoms with van der Waals surface area (Å²) < 4.78 is 10.6. The highest BCUT2D eigenvalue weighted by Crippen LogP contribution is 2.36. The highest BCUT2D eigenvalue weighted by atomic mass is 35.5. The van der Waals surface area contributed by atoms with E-state index >= 15 is 0 Å². The number of Topliss-reactive ketones (excluding diaryl/α,β-unsaturated/α-hetero) is 1. The Morgan fingerprint density at radius 3 is 2.50 bits per heavy atom. The zero-order valence-corrected chi connectivity index (χ0v) is 18.3. The molecule has 0 saturated carbocycles. The van der Waals surface area contributed by atoms with Crippen LogP contribution in [0.2, 0.25) is 5.02 Å². The van der Waals surface area contributed by atoms with Crippen LogP contribution in [0, 0.1) is 0 Å². The van der Waals surface area contributed by atoms with Crippen LogP contribution in [0.1, 0.15) is 44.3 Å². The fourth-order valence-corrected chi connectivity index (χ4v) is 4.08. The number of methoxy groups -OCH3 is 2. The molecule has 0 aliphatic heterocycles. The van der Waals surface area contributed by atoms with Gasteiger partial charge in [-0.15, -0.1) is 0 Å². The van der Waals surface area contributed by atoms with E-state index in [-0.39, 0.29) is 23.7 Å². The third-order valence-corrected chi connectivity index (χ3v) is 5.88. The fraction of sp³-hybridized carbons (Fsp3) is 0.208. The molecule has 0 fully saturated rings. The van der Waals surface area contributed by atoms with Gasteiger partial charge >= 0.3 is 0 Å². The van der Waals surface area contributed by atoms with Crippen molar-refractivity contribution in [2.75, 3.05) is 19.5 Å². The quantitative estimate of drug-likeness (QED) is 0.604. The van der Waals surface area contributed by atoms with Crippen LogP contribution in [0.25, 0.3) is 0 Å². The Morgan fingerprint density at radius 1 is 1.03 bits per heavy atom. The SMILES string of the molecule is COc1ccc([C@H]2CC(=O)c3cc(C(=O)Nc4ccccc4Cl)c(=O)[nH]c3C2)cc1OC. The number of aromatic amines is 1. The summed E-state index contributed by atoms with van der Waals surface area (Å²) >= 11 is 6.08. The number of para-hydroxylation sites is 1. The lowest BCUT2D eigenvalue weighted by Gasteiger charge is -2.24. The molecule has 1 heterocycles. The monoisotopic (exact) mass is 452 g/mol. The molecule has 32 heavy (non-hydrogen) atoms. The van der Waals surface area contributed by atoms with E-state index in [2.05, 4.69) is 10.3 Å². The first-order valence-corrected chi connectivity index (χ1v) is 10.4. The maximum atomic E-state index is 12.9. The van der Waals surface area contributed by atoms with Crippen LogP contribution in [0.4, 0.5) is 5.69 Å². The van der Waals surface area contributed by atoms with Crippen molar-refractivity contribution in [2.24, 2.45) is 0 Å². The fourth-order valence-electron chi connectivity index (χ4n) is 3.89. The van der Waals surface area contributed by atoms with Crippen LogP contribution in [0.15, 0.2) is 53.3 Å². The highest BCUT2D eigenvalue weighted by molar-refractivity contribution is 6.33. The molecule has 2 N–H and O–H groups in total. The number of hydrogen-bond acceptors (Lipinski definition) is 5. The summed E-state index contributed by atoms with van der Waals surface area (Å²) in [6.07, 6.45) is 0.707. The predicted octanol–water partition coefficient (Wildman–Crippen LogP) is 4.21. The Labute approximate surface area is 189 Å². The molecule has 3 aromatic rings. The van der Waals surface area contributed by atoms with Gasteiger partial charge in [-0.3, -0.25) is 14.4 Å². The van der Waals surface area contributed by atoms with Crippen LogP contribution >= 0.6 is 11.6 Å². The molecule has 1 aliphatic carbocycles. The minimum Gasteiger partial charge on any atom is -0.493 e. The van der Waals surface area contributed by atoms with Gasteiger partial charge in [-0.1, -0.05) is 29.8 Å². The summed E-state index contributed by atoms with van der Waals surface area (Å²) in [7, 11) is 3.11. The number of rotatable bonds is 5. The van der Waals surface area contributed by atoms with Crippen LogP contribution in [0.5, 0.6) is 11.5 Å². The second-order valence-electron chi connectivity index (χ2n) is 7.48. The predicted molar refractivity (Wildman–Crippen MR) is 121 cm³/mol. The Kier molecular flexibility index (Phi) is 6.01. The number of carbonyl (C=O) groups is 2. The smallest absolute Gasteiger partial charge is 0.261 e. The van der Waals surface area contributed by atoms with E-state index in [4.69, 9.17) is 21.1 Å². The number of ether oxygens (including phenoxy) is 2. The molecule has 1 atom stereocenters. The second-order valence-corrected chi connectivity index (χ2v) is 7.89. The van der Waals surface area contributed by atoms with Gasteiger partial charge in [0.2, 0.25) is 0 Å². The van der Waals surface area contributed by atoms with Gasteiger partial charge in [0, 0.05) is 17.7 Å². The lowest BCUT2D eigenvalue weighted by molar-refractivity contribution is 0.0963. The van der Waals surface area contributed by atoms with Gasteiger partial charge in [0.1, 0.15) is 5.56 Å². The Hall–Kier alpha value is -3.58. The molecular weight excluding hydrogens is 432 g/mol. The summed E-state index contributed by atoms with van der Waals surface area (Å²) in [5, 5.41) is 2.97. The minimum atomic E-state index is -0.628. The average Bonchev–Trinajstić information content (AvgIpc) is 2.79. The van der Waals surface area contributed by atoms with E-state index in [1.165, 1.54) is 6.07 Å². The summed E-state index contributed by atoms with van der Waals surface area (Å²) in [6.45, 7) is 0. The van der Waals surface area contributed by atoms with E-state index in [1.807, 2.05) is 12.1 Å². The summed E-state index contributed by atoms with van der Waals surface area (Å²) in [5.41, 5.74) is 1.46. The first-order chi connectivity index (χ1) is 15.4. The molecular formula is C24H21ClN2O5. The molecule has 1 aliphatic rings. The number of pyridine rings is 1. The van der Waals surface area contributed by atoms with E-state index < -0.39 is 11.5 Å². The normalized spacial score (nSPS) is 15.1. The third kappa shape index (κ3) is 4.11. The molecule has 1 amide bonds. The van der Waals surface area contributed by atoms with Crippen LogP contribution in [-0.2, 0) is 6.42 Å². The van der Waals surface area contributed by atoms with Gasteiger partial charge in [0.25, 0.3) is 11.5 Å². The number of fused-ring (bicyclic) bond motifs is 1. The summed E-state index contributed by atoms with van der Waals surface area (Å²) in [6, 6.07) is 13.6. The molecule has 0 spiro atoms. The topological polar surface area (TPSA) is 97.5 Å². The van der Waals surface area contributed by atoms with Crippen molar-refractivity contribution in [3.63, 3.8) is 0 Å². The second kappa shape index (κ2) is 8.88. The van der Waals surface area contributed by atoms with Gasteiger partial charge in [-0.2, -0.15) is 0 Å². The highest BCUT2D eigenvalue weighted by Gasteiger charge is 2.29.